The van der Waals surface area contributed by atoms with Crippen molar-refractivity contribution in [2.45, 2.75) is 39.2 Å². The van der Waals surface area contributed by atoms with E-state index < -0.39 is 0 Å². The van der Waals surface area contributed by atoms with Crippen LogP contribution in [0.15, 0.2) is 54.6 Å². The maximum Gasteiger partial charge on any atom is 0.121 e. The van der Waals surface area contributed by atoms with Crippen LogP contribution < -0.4 is 10.1 Å². The molecule has 1 N–H and O–H groups in total. The topological polar surface area (TPSA) is 21.3 Å². The fraction of sp³-hybridized carbons (Fsp3) is 0.368. The highest BCUT2D eigenvalue weighted by Gasteiger charge is 2.10. The van der Waals surface area contributed by atoms with Gasteiger partial charge in [0.1, 0.15) is 5.75 Å². The van der Waals surface area contributed by atoms with E-state index in [1.54, 1.807) is 0 Å². The lowest BCUT2D eigenvalue weighted by atomic mass is 10.0. The number of nitrogens with one attached hydrogen (secondary N) is 1. The Morgan fingerprint density at radius 1 is 1.00 bits per heavy atom. The zero-order valence-electron chi connectivity index (χ0n) is 13.0. The Bertz CT molecular complexity index is 524. The van der Waals surface area contributed by atoms with Gasteiger partial charge >= 0.3 is 0 Å². The average Bonchev–Trinajstić information content (AvgIpc) is 2.53. The van der Waals surface area contributed by atoms with Crippen molar-refractivity contribution in [2.75, 3.05) is 11.9 Å². The molecule has 0 amide bonds. The third-order valence-corrected chi connectivity index (χ3v) is 3.53. The Labute approximate surface area is 128 Å². The molecule has 2 rings (SSSR count). The Kier molecular flexibility index (Phi) is 6.14. The van der Waals surface area contributed by atoms with Crippen molar-refractivity contribution in [3.05, 3.63) is 60.2 Å². The van der Waals surface area contributed by atoms with Crippen LogP contribution in [0.4, 0.5) is 5.69 Å². The monoisotopic (exact) mass is 283 g/mol. The molecule has 2 nitrogen and oxygen atoms in total. The number of anilines is 1. The van der Waals surface area contributed by atoms with Crippen LogP contribution in [0.1, 0.15) is 44.7 Å². The molecule has 0 aliphatic carbocycles. The minimum atomic E-state index is 0.350. The van der Waals surface area contributed by atoms with E-state index in [9.17, 15) is 0 Å². The van der Waals surface area contributed by atoms with Crippen molar-refractivity contribution in [1.82, 2.24) is 0 Å². The summed E-state index contributed by atoms with van der Waals surface area (Å²) in [5, 5.41) is 3.65. The molecule has 21 heavy (non-hydrogen) atoms. The molecule has 2 aromatic rings. The molecule has 0 heterocycles. The quantitative estimate of drug-likeness (QED) is 0.697. The Hall–Kier alpha value is -1.96. The number of hydrogen-bond donors (Lipinski definition) is 1. The molecule has 2 aromatic carbocycles. The second-order valence-electron chi connectivity index (χ2n) is 5.21. The maximum absolute atomic E-state index is 5.57. The summed E-state index contributed by atoms with van der Waals surface area (Å²) >= 11 is 0. The number of ether oxygens (including phenoxy) is 1. The Morgan fingerprint density at radius 2 is 1.81 bits per heavy atom. The van der Waals surface area contributed by atoms with E-state index in [-0.39, 0.29) is 0 Å². The number of benzene rings is 2. The fourth-order valence-electron chi connectivity index (χ4n) is 2.46. The van der Waals surface area contributed by atoms with Crippen molar-refractivity contribution in [1.29, 1.82) is 0 Å². The minimum Gasteiger partial charge on any atom is -0.494 e. The van der Waals surface area contributed by atoms with Crippen LogP contribution in [-0.2, 0) is 0 Å². The van der Waals surface area contributed by atoms with Gasteiger partial charge in [0.15, 0.2) is 0 Å². The predicted molar refractivity (Wildman–Crippen MR) is 89.9 cm³/mol. The second kappa shape index (κ2) is 8.35. The Balaban J connectivity index is 2.12. The maximum atomic E-state index is 5.57. The molecule has 1 unspecified atom stereocenters. The van der Waals surface area contributed by atoms with E-state index in [1.807, 2.05) is 19.1 Å². The van der Waals surface area contributed by atoms with Gasteiger partial charge in [0.05, 0.1) is 12.6 Å². The highest BCUT2D eigenvalue weighted by atomic mass is 16.5. The van der Waals surface area contributed by atoms with Crippen LogP contribution in [0.5, 0.6) is 5.75 Å². The van der Waals surface area contributed by atoms with E-state index in [1.165, 1.54) is 18.4 Å². The van der Waals surface area contributed by atoms with Gasteiger partial charge in [-0.25, -0.2) is 0 Å². The summed E-state index contributed by atoms with van der Waals surface area (Å²) in [7, 11) is 0. The molecule has 0 spiro atoms. The molecule has 0 aliphatic heterocycles. The molecule has 0 radical (unpaired) electrons. The van der Waals surface area contributed by atoms with Gasteiger partial charge < -0.3 is 10.1 Å². The molecule has 0 saturated heterocycles. The van der Waals surface area contributed by atoms with E-state index in [2.05, 4.69) is 54.7 Å². The molecule has 2 heteroatoms. The first-order valence-electron chi connectivity index (χ1n) is 7.87. The van der Waals surface area contributed by atoms with E-state index >= 15 is 0 Å². The summed E-state index contributed by atoms with van der Waals surface area (Å²) in [5.74, 6) is 0.921. The first kappa shape index (κ1) is 15.4. The van der Waals surface area contributed by atoms with Crippen molar-refractivity contribution in [3.63, 3.8) is 0 Å². The first-order valence-corrected chi connectivity index (χ1v) is 7.87. The van der Waals surface area contributed by atoms with Crippen molar-refractivity contribution < 1.29 is 4.74 Å². The van der Waals surface area contributed by atoms with Gasteiger partial charge in [0, 0.05) is 11.8 Å². The number of unbranched alkanes of at least 4 members (excludes halogenated alkanes) is 1. The number of rotatable bonds is 8. The largest absolute Gasteiger partial charge is 0.494 e. The SMILES string of the molecule is CCCCC(Nc1cccc(OCC)c1)c1ccccc1. The fourth-order valence-corrected chi connectivity index (χ4v) is 2.46. The second-order valence-corrected chi connectivity index (χ2v) is 5.21. The van der Waals surface area contributed by atoms with Crippen molar-refractivity contribution in [2.24, 2.45) is 0 Å². The van der Waals surface area contributed by atoms with E-state index in [0.29, 0.717) is 12.6 Å². The molecule has 0 aromatic heterocycles. The van der Waals surface area contributed by atoms with Gasteiger partial charge in [-0.1, -0.05) is 56.2 Å². The third kappa shape index (κ3) is 4.82. The molecule has 0 aliphatic rings. The third-order valence-electron chi connectivity index (χ3n) is 3.53. The van der Waals surface area contributed by atoms with Gasteiger partial charge in [-0.15, -0.1) is 0 Å². The van der Waals surface area contributed by atoms with Crippen LogP contribution in [0, 0.1) is 0 Å². The van der Waals surface area contributed by atoms with E-state index in [0.717, 1.165) is 17.9 Å². The Morgan fingerprint density at radius 3 is 2.52 bits per heavy atom. The highest BCUT2D eigenvalue weighted by molar-refractivity contribution is 5.50. The first-order chi connectivity index (χ1) is 10.3. The molecular formula is C19H25NO. The molecule has 0 bridgehead atoms. The summed E-state index contributed by atoms with van der Waals surface area (Å²) in [6, 6.07) is 19.2. The summed E-state index contributed by atoms with van der Waals surface area (Å²) < 4.78 is 5.57. The van der Waals surface area contributed by atoms with Gasteiger partial charge in [0.25, 0.3) is 0 Å². The van der Waals surface area contributed by atoms with Crippen LogP contribution in [0.3, 0.4) is 0 Å². The zero-order chi connectivity index (χ0) is 14.9. The lowest BCUT2D eigenvalue weighted by Gasteiger charge is -2.21. The van der Waals surface area contributed by atoms with Crippen molar-refractivity contribution in [3.8, 4) is 5.75 Å². The molecular weight excluding hydrogens is 258 g/mol. The lowest BCUT2D eigenvalue weighted by Crippen LogP contribution is -2.10. The summed E-state index contributed by atoms with van der Waals surface area (Å²) in [4.78, 5) is 0. The summed E-state index contributed by atoms with van der Waals surface area (Å²) in [5.41, 5.74) is 2.46. The minimum absolute atomic E-state index is 0.350. The molecule has 0 saturated carbocycles. The molecule has 1 atom stereocenters. The molecule has 0 fully saturated rings. The van der Waals surface area contributed by atoms with Gasteiger partial charge in [-0.05, 0) is 31.0 Å². The van der Waals surface area contributed by atoms with Crippen LogP contribution in [-0.4, -0.2) is 6.61 Å². The zero-order valence-corrected chi connectivity index (χ0v) is 13.0. The van der Waals surface area contributed by atoms with Crippen molar-refractivity contribution >= 4 is 5.69 Å². The van der Waals surface area contributed by atoms with Gasteiger partial charge in [-0.2, -0.15) is 0 Å². The van der Waals surface area contributed by atoms with Crippen LogP contribution in [0.25, 0.3) is 0 Å². The van der Waals surface area contributed by atoms with E-state index in [4.69, 9.17) is 4.74 Å². The predicted octanol–water partition coefficient (Wildman–Crippen LogP) is 5.43. The van der Waals surface area contributed by atoms with Gasteiger partial charge in [0.2, 0.25) is 0 Å². The highest BCUT2D eigenvalue weighted by Crippen LogP contribution is 2.26. The normalized spacial score (nSPS) is 11.9. The average molecular weight is 283 g/mol. The molecule has 112 valence electrons. The van der Waals surface area contributed by atoms with Crippen LogP contribution >= 0.6 is 0 Å². The summed E-state index contributed by atoms with van der Waals surface area (Å²) in [6.07, 6.45) is 3.57. The van der Waals surface area contributed by atoms with Crippen LogP contribution in [0.2, 0.25) is 0 Å². The van der Waals surface area contributed by atoms with Gasteiger partial charge in [-0.3, -0.25) is 0 Å². The number of hydrogen-bond acceptors (Lipinski definition) is 2. The smallest absolute Gasteiger partial charge is 0.121 e. The standard InChI is InChI=1S/C19H25NO/c1-3-5-14-19(16-10-7-6-8-11-16)20-17-12-9-13-18(15-17)21-4-2/h6-13,15,19-20H,3-5,14H2,1-2H3. The lowest BCUT2D eigenvalue weighted by molar-refractivity contribution is 0.340. The summed E-state index contributed by atoms with van der Waals surface area (Å²) in [6.45, 7) is 4.94.